The molecule has 1 aromatic carbocycles. The fourth-order valence-corrected chi connectivity index (χ4v) is 2.08. The van der Waals surface area contributed by atoms with Gasteiger partial charge in [-0.15, -0.1) is 0 Å². The van der Waals surface area contributed by atoms with E-state index >= 15 is 0 Å². The van der Waals surface area contributed by atoms with E-state index in [2.05, 4.69) is 0 Å². The zero-order chi connectivity index (χ0) is 15.6. The van der Waals surface area contributed by atoms with Gasteiger partial charge in [0.15, 0.2) is 6.61 Å². The minimum atomic E-state index is -0.494. The number of rotatable bonds is 4. The maximum atomic E-state index is 11.4. The van der Waals surface area contributed by atoms with E-state index in [1.165, 1.54) is 12.1 Å². The summed E-state index contributed by atoms with van der Waals surface area (Å²) in [5.41, 5.74) is 0.665. The number of halogens is 1. The Morgan fingerprint density at radius 3 is 2.71 bits per heavy atom. The molecule has 0 bridgehead atoms. The molecule has 1 heterocycles. The number of esters is 1. The Kier molecular flexibility index (Phi) is 4.53. The zero-order valence-electron chi connectivity index (χ0n) is 11.9. The molecule has 0 aliphatic rings. The third-order valence-electron chi connectivity index (χ3n) is 2.72. The number of hydrogen-bond donors (Lipinski definition) is 0. The first-order valence-electron chi connectivity index (χ1n) is 6.43. The Morgan fingerprint density at radius 2 is 2.05 bits per heavy atom. The maximum Gasteiger partial charge on any atom is 0.344 e. The summed E-state index contributed by atoms with van der Waals surface area (Å²) in [6.45, 7) is 5.02. The van der Waals surface area contributed by atoms with Gasteiger partial charge in [-0.2, -0.15) is 0 Å². The standard InChI is InChI=1S/C15H15ClO5/c1-8(2)20-15(18)7-19-13-6-12-10(5-11(13)16)9(3)4-14(17)21-12/h4-6,8H,7H2,1-3H3. The van der Waals surface area contributed by atoms with E-state index in [1.807, 2.05) is 0 Å². The lowest BCUT2D eigenvalue weighted by Gasteiger charge is -2.11. The van der Waals surface area contributed by atoms with Crippen LogP contribution in [0, 0.1) is 6.92 Å². The van der Waals surface area contributed by atoms with Crippen LogP contribution in [-0.2, 0) is 9.53 Å². The lowest BCUT2D eigenvalue weighted by atomic mass is 10.1. The molecule has 0 amide bonds. The molecule has 0 saturated carbocycles. The largest absolute Gasteiger partial charge is 0.480 e. The van der Waals surface area contributed by atoms with Crippen LogP contribution in [0.25, 0.3) is 11.0 Å². The predicted octanol–water partition coefficient (Wildman–Crippen LogP) is 3.09. The van der Waals surface area contributed by atoms with Crippen molar-refractivity contribution < 1.29 is 18.7 Å². The molecule has 0 atom stereocenters. The van der Waals surface area contributed by atoms with Crippen LogP contribution in [-0.4, -0.2) is 18.7 Å². The van der Waals surface area contributed by atoms with Crippen LogP contribution in [0.5, 0.6) is 5.75 Å². The first-order chi connectivity index (χ1) is 9.86. The summed E-state index contributed by atoms with van der Waals surface area (Å²) in [6, 6.07) is 4.52. The highest BCUT2D eigenvalue weighted by atomic mass is 35.5. The van der Waals surface area contributed by atoms with Crippen LogP contribution < -0.4 is 10.4 Å². The van der Waals surface area contributed by atoms with Crippen molar-refractivity contribution in [1.82, 2.24) is 0 Å². The molecule has 0 unspecified atom stereocenters. The molecule has 0 fully saturated rings. The SMILES string of the molecule is Cc1cc(=O)oc2cc(OCC(=O)OC(C)C)c(Cl)cc12. The second-order valence-electron chi connectivity index (χ2n) is 4.85. The molecule has 112 valence electrons. The third-order valence-corrected chi connectivity index (χ3v) is 3.01. The van der Waals surface area contributed by atoms with Crippen LogP contribution in [0.15, 0.2) is 27.4 Å². The summed E-state index contributed by atoms with van der Waals surface area (Å²) < 4.78 is 15.4. The van der Waals surface area contributed by atoms with Gasteiger partial charge in [-0.25, -0.2) is 9.59 Å². The van der Waals surface area contributed by atoms with Crippen molar-refractivity contribution >= 4 is 28.5 Å². The molecular weight excluding hydrogens is 296 g/mol. The highest BCUT2D eigenvalue weighted by molar-refractivity contribution is 6.32. The molecule has 1 aromatic heterocycles. The molecule has 2 aromatic rings. The highest BCUT2D eigenvalue weighted by Gasteiger charge is 2.12. The van der Waals surface area contributed by atoms with E-state index in [0.717, 1.165) is 10.9 Å². The van der Waals surface area contributed by atoms with Crippen molar-refractivity contribution in [3.8, 4) is 5.75 Å². The van der Waals surface area contributed by atoms with Crippen LogP contribution in [0.1, 0.15) is 19.4 Å². The van der Waals surface area contributed by atoms with Crippen LogP contribution in [0.4, 0.5) is 0 Å². The van der Waals surface area contributed by atoms with Crippen molar-refractivity contribution in [3.63, 3.8) is 0 Å². The first-order valence-corrected chi connectivity index (χ1v) is 6.81. The van der Waals surface area contributed by atoms with Crippen molar-refractivity contribution in [3.05, 3.63) is 39.2 Å². The van der Waals surface area contributed by atoms with Gasteiger partial charge in [0.2, 0.25) is 0 Å². The number of aryl methyl sites for hydroxylation is 1. The normalized spacial score (nSPS) is 10.9. The Bertz CT molecular complexity index is 733. The van der Waals surface area contributed by atoms with Gasteiger partial charge in [-0.1, -0.05) is 11.6 Å². The van der Waals surface area contributed by atoms with Crippen molar-refractivity contribution in [2.45, 2.75) is 26.9 Å². The van der Waals surface area contributed by atoms with E-state index in [9.17, 15) is 9.59 Å². The van der Waals surface area contributed by atoms with E-state index in [4.69, 9.17) is 25.5 Å². The number of benzene rings is 1. The van der Waals surface area contributed by atoms with Gasteiger partial charge in [0.25, 0.3) is 0 Å². The molecule has 2 rings (SSSR count). The minimum Gasteiger partial charge on any atom is -0.480 e. The molecule has 0 spiro atoms. The number of ether oxygens (including phenoxy) is 2. The maximum absolute atomic E-state index is 11.4. The summed E-state index contributed by atoms with van der Waals surface area (Å²) in [6.07, 6.45) is -0.214. The van der Waals surface area contributed by atoms with Gasteiger partial charge in [0.1, 0.15) is 11.3 Å². The van der Waals surface area contributed by atoms with Gasteiger partial charge in [0, 0.05) is 17.5 Å². The van der Waals surface area contributed by atoms with E-state index in [1.54, 1.807) is 26.8 Å². The smallest absolute Gasteiger partial charge is 0.344 e. The fraction of sp³-hybridized carbons (Fsp3) is 0.333. The third kappa shape index (κ3) is 3.76. The summed E-state index contributed by atoms with van der Waals surface area (Å²) in [5.74, 6) is -0.231. The average Bonchev–Trinajstić information content (AvgIpc) is 2.36. The van der Waals surface area contributed by atoms with E-state index in [-0.39, 0.29) is 18.5 Å². The molecule has 0 N–H and O–H groups in total. The molecular formula is C15H15ClO5. The lowest BCUT2D eigenvalue weighted by molar-refractivity contribution is -0.149. The number of carbonyl (C=O) groups is 1. The summed E-state index contributed by atoms with van der Waals surface area (Å²) in [5, 5.41) is 1.05. The highest BCUT2D eigenvalue weighted by Crippen LogP contribution is 2.30. The van der Waals surface area contributed by atoms with Crippen LogP contribution in [0.2, 0.25) is 5.02 Å². The van der Waals surface area contributed by atoms with Gasteiger partial charge >= 0.3 is 11.6 Å². The molecule has 6 heteroatoms. The summed E-state index contributed by atoms with van der Waals surface area (Å²) in [4.78, 5) is 22.8. The first kappa shape index (κ1) is 15.4. The Labute approximate surface area is 126 Å². The summed E-state index contributed by atoms with van der Waals surface area (Å²) >= 11 is 6.11. The second-order valence-corrected chi connectivity index (χ2v) is 5.26. The summed E-state index contributed by atoms with van der Waals surface area (Å²) in [7, 11) is 0. The minimum absolute atomic E-state index is 0.214. The average molecular weight is 311 g/mol. The Hall–Kier alpha value is -2.01. The van der Waals surface area contributed by atoms with Crippen LogP contribution >= 0.6 is 11.6 Å². The quantitative estimate of drug-likeness (QED) is 0.641. The lowest BCUT2D eigenvalue weighted by Crippen LogP contribution is -2.18. The second kappa shape index (κ2) is 6.18. The molecule has 0 aliphatic carbocycles. The molecule has 0 radical (unpaired) electrons. The fourth-order valence-electron chi connectivity index (χ4n) is 1.86. The monoisotopic (exact) mass is 310 g/mol. The van der Waals surface area contributed by atoms with Crippen LogP contribution in [0.3, 0.4) is 0 Å². The van der Waals surface area contributed by atoms with E-state index in [0.29, 0.717) is 10.6 Å². The molecule has 5 nitrogen and oxygen atoms in total. The molecule has 0 aliphatic heterocycles. The molecule has 0 saturated heterocycles. The number of hydrogen-bond acceptors (Lipinski definition) is 5. The molecule has 21 heavy (non-hydrogen) atoms. The number of carbonyl (C=O) groups excluding carboxylic acids is 1. The van der Waals surface area contributed by atoms with Gasteiger partial charge in [0.05, 0.1) is 11.1 Å². The van der Waals surface area contributed by atoms with Gasteiger partial charge in [-0.3, -0.25) is 0 Å². The Balaban J connectivity index is 2.26. The van der Waals surface area contributed by atoms with Crippen molar-refractivity contribution in [1.29, 1.82) is 0 Å². The van der Waals surface area contributed by atoms with Crippen molar-refractivity contribution in [2.75, 3.05) is 6.61 Å². The number of fused-ring (bicyclic) bond motifs is 1. The van der Waals surface area contributed by atoms with Gasteiger partial charge in [-0.05, 0) is 32.4 Å². The topological polar surface area (TPSA) is 65.7 Å². The van der Waals surface area contributed by atoms with Crippen molar-refractivity contribution in [2.24, 2.45) is 0 Å². The Morgan fingerprint density at radius 1 is 1.33 bits per heavy atom. The van der Waals surface area contributed by atoms with Gasteiger partial charge < -0.3 is 13.9 Å². The predicted molar refractivity (Wildman–Crippen MR) is 79.0 cm³/mol. The zero-order valence-corrected chi connectivity index (χ0v) is 12.7. The van der Waals surface area contributed by atoms with E-state index < -0.39 is 11.6 Å².